The van der Waals surface area contributed by atoms with Crippen molar-refractivity contribution in [1.29, 1.82) is 0 Å². The number of hydrogen-bond acceptors (Lipinski definition) is 9. The molecule has 2 aliphatic rings. The first-order valence-electron chi connectivity index (χ1n) is 11.3. The lowest BCUT2D eigenvalue weighted by molar-refractivity contribution is -0.139. The molecule has 0 aliphatic carbocycles. The zero-order valence-electron chi connectivity index (χ0n) is 19.2. The van der Waals surface area contributed by atoms with Crippen molar-refractivity contribution in [3.8, 4) is 11.4 Å². The Kier molecular flexibility index (Phi) is 7.51. The Morgan fingerprint density at radius 1 is 1.08 bits per heavy atom. The summed E-state index contributed by atoms with van der Waals surface area (Å²) >= 11 is 2.69. The summed E-state index contributed by atoms with van der Waals surface area (Å²) in [4.78, 5) is 51.3. The topological polar surface area (TPSA) is 126 Å². The van der Waals surface area contributed by atoms with E-state index in [1.807, 2.05) is 29.0 Å². The van der Waals surface area contributed by atoms with Crippen LogP contribution in [0, 0.1) is 0 Å². The highest BCUT2D eigenvalue weighted by molar-refractivity contribution is 7.14. The molecule has 0 aromatic carbocycles. The van der Waals surface area contributed by atoms with E-state index in [0.29, 0.717) is 48.4 Å². The van der Waals surface area contributed by atoms with Gasteiger partial charge in [0, 0.05) is 24.7 Å². The lowest BCUT2D eigenvalue weighted by Gasteiger charge is -2.31. The minimum Gasteiger partial charge on any atom is -0.378 e. The van der Waals surface area contributed by atoms with Crippen molar-refractivity contribution >= 4 is 45.7 Å². The summed E-state index contributed by atoms with van der Waals surface area (Å²) in [5, 5.41) is 11.5. The van der Waals surface area contributed by atoms with Crippen molar-refractivity contribution in [1.82, 2.24) is 25.1 Å². The number of thiophene rings is 1. The second-order valence-corrected chi connectivity index (χ2v) is 9.74. The molecule has 36 heavy (non-hydrogen) atoms. The maximum Gasteiger partial charge on any atom is 0.318 e. The number of rotatable bonds is 6. The Labute approximate surface area is 215 Å². The number of pyridine rings is 1. The second-order valence-electron chi connectivity index (χ2n) is 8.10. The van der Waals surface area contributed by atoms with E-state index in [0.717, 1.165) is 0 Å². The van der Waals surface area contributed by atoms with Crippen LogP contribution in [0.1, 0.15) is 11.6 Å². The highest BCUT2D eigenvalue weighted by atomic mass is 32.1. The molecule has 2 N–H and O–H groups in total. The standard InChI is InChI=1S/C23H24N6O5S2/c30-20(27-22-25-17(13-36-22)16-3-1-2-5-24-16)18-11-34-14-29(18)21(31)19(15-4-10-35-12-15)26-23(32)28-6-8-33-9-7-28/h1-5,10,12-13,18-19H,6-9,11,14H2,(H,26,32)(H,25,27,30)/t18-,19+/m0/s1. The van der Waals surface area contributed by atoms with Gasteiger partial charge in [0.1, 0.15) is 24.5 Å². The fourth-order valence-corrected chi connectivity index (χ4v) is 5.30. The van der Waals surface area contributed by atoms with Crippen molar-refractivity contribution < 1.29 is 23.9 Å². The number of thiazole rings is 1. The van der Waals surface area contributed by atoms with Gasteiger partial charge in [-0.1, -0.05) is 6.07 Å². The van der Waals surface area contributed by atoms with E-state index in [-0.39, 0.29) is 19.4 Å². The number of carbonyl (C=O) groups is 3. The van der Waals surface area contributed by atoms with Gasteiger partial charge in [-0.15, -0.1) is 11.3 Å². The van der Waals surface area contributed by atoms with Crippen molar-refractivity contribution in [2.45, 2.75) is 12.1 Å². The van der Waals surface area contributed by atoms with Gasteiger partial charge in [-0.05, 0) is 34.5 Å². The molecule has 3 aromatic rings. The number of aromatic nitrogens is 2. The fraction of sp³-hybridized carbons (Fsp3) is 0.348. The maximum absolute atomic E-state index is 13.6. The Bertz CT molecular complexity index is 1200. The summed E-state index contributed by atoms with van der Waals surface area (Å²) in [6, 6.07) is 5.14. The number of nitrogens with zero attached hydrogens (tertiary/aromatic N) is 4. The molecule has 4 amide bonds. The van der Waals surface area contributed by atoms with E-state index in [1.54, 1.807) is 22.5 Å². The van der Waals surface area contributed by atoms with Gasteiger partial charge in [-0.2, -0.15) is 11.3 Å². The highest BCUT2D eigenvalue weighted by Gasteiger charge is 2.40. The molecule has 0 unspecified atom stereocenters. The molecule has 0 radical (unpaired) electrons. The van der Waals surface area contributed by atoms with Gasteiger partial charge in [0.2, 0.25) is 0 Å². The summed E-state index contributed by atoms with van der Waals surface area (Å²) in [7, 11) is 0. The Balaban J connectivity index is 1.28. The summed E-state index contributed by atoms with van der Waals surface area (Å²) in [5.41, 5.74) is 2.00. The van der Waals surface area contributed by atoms with E-state index < -0.39 is 23.9 Å². The average Bonchev–Trinajstić information content (AvgIpc) is 3.70. The summed E-state index contributed by atoms with van der Waals surface area (Å²) in [6.45, 7) is 1.79. The van der Waals surface area contributed by atoms with Crippen molar-refractivity contribution in [3.63, 3.8) is 0 Å². The second kappa shape index (κ2) is 11.1. The first-order chi connectivity index (χ1) is 17.6. The lowest BCUT2D eigenvalue weighted by atomic mass is 10.1. The molecule has 2 aliphatic heterocycles. The Hall–Kier alpha value is -3.39. The van der Waals surface area contributed by atoms with E-state index in [2.05, 4.69) is 20.6 Å². The van der Waals surface area contributed by atoms with Crippen molar-refractivity contribution in [2.75, 3.05) is 45.0 Å². The molecule has 0 bridgehead atoms. The summed E-state index contributed by atoms with van der Waals surface area (Å²) < 4.78 is 10.8. The Morgan fingerprint density at radius 3 is 2.69 bits per heavy atom. The smallest absolute Gasteiger partial charge is 0.318 e. The Morgan fingerprint density at radius 2 is 1.94 bits per heavy atom. The number of urea groups is 1. The lowest BCUT2D eigenvalue weighted by Crippen LogP contribution is -2.52. The van der Waals surface area contributed by atoms with Gasteiger partial charge in [0.25, 0.3) is 11.8 Å². The quantitative estimate of drug-likeness (QED) is 0.502. The molecule has 0 saturated carbocycles. The van der Waals surface area contributed by atoms with Crippen LogP contribution in [0.5, 0.6) is 0 Å². The number of nitrogens with one attached hydrogen (secondary N) is 2. The number of anilines is 1. The van der Waals surface area contributed by atoms with E-state index >= 15 is 0 Å². The van der Waals surface area contributed by atoms with Gasteiger partial charge in [-0.3, -0.25) is 14.6 Å². The van der Waals surface area contributed by atoms with E-state index in [9.17, 15) is 14.4 Å². The van der Waals surface area contributed by atoms with Crippen molar-refractivity contribution in [3.05, 3.63) is 52.2 Å². The highest BCUT2D eigenvalue weighted by Crippen LogP contribution is 2.26. The third-order valence-electron chi connectivity index (χ3n) is 5.82. The van der Waals surface area contributed by atoms with Crippen LogP contribution < -0.4 is 10.6 Å². The molecule has 188 valence electrons. The fourth-order valence-electron chi connectivity index (χ4n) is 3.90. The van der Waals surface area contributed by atoms with Gasteiger partial charge in [0.05, 0.1) is 25.5 Å². The number of hydrogen-bond donors (Lipinski definition) is 2. The minimum atomic E-state index is -0.945. The van der Waals surface area contributed by atoms with Crippen LogP contribution in [0.15, 0.2) is 46.6 Å². The molecule has 3 aromatic heterocycles. The molecule has 2 fully saturated rings. The largest absolute Gasteiger partial charge is 0.378 e. The number of morpholine rings is 1. The third-order valence-corrected chi connectivity index (χ3v) is 7.28. The van der Waals surface area contributed by atoms with Gasteiger partial charge in [-0.25, -0.2) is 9.78 Å². The van der Waals surface area contributed by atoms with Crippen LogP contribution in [0.25, 0.3) is 11.4 Å². The summed E-state index contributed by atoms with van der Waals surface area (Å²) in [6.07, 6.45) is 1.67. The number of ether oxygens (including phenoxy) is 2. The van der Waals surface area contributed by atoms with Gasteiger partial charge < -0.3 is 29.9 Å². The van der Waals surface area contributed by atoms with Crippen LogP contribution >= 0.6 is 22.7 Å². The van der Waals surface area contributed by atoms with Crippen LogP contribution in [0.2, 0.25) is 0 Å². The van der Waals surface area contributed by atoms with Gasteiger partial charge >= 0.3 is 6.03 Å². The van der Waals surface area contributed by atoms with Crippen molar-refractivity contribution in [2.24, 2.45) is 0 Å². The maximum atomic E-state index is 13.6. The molecule has 11 nitrogen and oxygen atoms in total. The monoisotopic (exact) mass is 528 g/mol. The minimum absolute atomic E-state index is 0.0455. The number of carbonyl (C=O) groups excluding carboxylic acids is 3. The molecule has 2 saturated heterocycles. The first kappa shape index (κ1) is 24.3. The summed E-state index contributed by atoms with van der Waals surface area (Å²) in [5.74, 6) is -0.827. The third kappa shape index (κ3) is 5.38. The normalized spacial score (nSPS) is 18.6. The molecule has 5 rings (SSSR count). The van der Waals surface area contributed by atoms with Gasteiger partial charge in [0.15, 0.2) is 5.13 Å². The molecule has 5 heterocycles. The van der Waals surface area contributed by atoms with Crippen LogP contribution in [-0.2, 0) is 19.1 Å². The molecule has 2 atom stereocenters. The predicted octanol–water partition coefficient (Wildman–Crippen LogP) is 2.17. The molecular formula is C23H24N6O5S2. The zero-order chi connectivity index (χ0) is 24.9. The molecule has 13 heteroatoms. The van der Waals surface area contributed by atoms with E-state index in [1.165, 1.54) is 27.6 Å². The van der Waals surface area contributed by atoms with Crippen LogP contribution in [0.4, 0.5) is 9.93 Å². The molecular weight excluding hydrogens is 504 g/mol. The predicted molar refractivity (Wildman–Crippen MR) is 133 cm³/mol. The van der Waals surface area contributed by atoms with E-state index in [4.69, 9.17) is 9.47 Å². The zero-order valence-corrected chi connectivity index (χ0v) is 20.8. The molecule has 0 spiro atoms. The SMILES string of the molecule is O=C(Nc1nc(-c2ccccn2)cs1)[C@@H]1COCN1C(=O)[C@H](NC(=O)N1CCOCC1)c1ccsc1. The van der Waals surface area contributed by atoms with Crippen LogP contribution in [0.3, 0.4) is 0 Å². The number of amides is 4. The van der Waals surface area contributed by atoms with Crippen LogP contribution in [-0.4, -0.2) is 83.3 Å². The first-order valence-corrected chi connectivity index (χ1v) is 13.1. The average molecular weight is 529 g/mol.